The Kier molecular flexibility index (Phi) is 24.2. The number of amides is 3. The predicted molar refractivity (Wildman–Crippen MR) is 253 cm³/mol. The van der Waals surface area contributed by atoms with Gasteiger partial charge < -0.3 is 25.0 Å². The van der Waals surface area contributed by atoms with E-state index in [1.165, 1.54) is 5.06 Å². The second kappa shape index (κ2) is 28.1. The molecule has 2 N–H and O–H groups in total. The van der Waals surface area contributed by atoms with Gasteiger partial charge in [-0.15, -0.1) is 0 Å². The number of rotatable bonds is 29. The van der Waals surface area contributed by atoms with Crippen LogP contribution in [0.2, 0.25) is 0 Å². The molecule has 1 aromatic rings. The third kappa shape index (κ3) is 15.7. The molecule has 13 heteroatoms. The van der Waals surface area contributed by atoms with Gasteiger partial charge in [0.1, 0.15) is 5.78 Å². The summed E-state index contributed by atoms with van der Waals surface area (Å²) in [5.74, 6) is -2.14. The van der Waals surface area contributed by atoms with Crippen molar-refractivity contribution in [3.8, 4) is 0 Å². The molecule has 3 rings (SSSR count). The number of methoxy groups -OCH3 is 2. The van der Waals surface area contributed by atoms with Crippen LogP contribution in [-0.4, -0.2) is 140 Å². The van der Waals surface area contributed by atoms with Crippen molar-refractivity contribution >= 4 is 29.3 Å². The molecule has 0 bridgehead atoms. The molecule has 2 aliphatic rings. The summed E-state index contributed by atoms with van der Waals surface area (Å²) in [6.07, 6.45) is 7.50. The van der Waals surface area contributed by atoms with Crippen molar-refractivity contribution in [2.24, 2.45) is 41.2 Å². The fraction of sp³-hybridized carbons (Fsp3) is 0.784. The molecule has 13 nitrogen and oxygen atoms in total. The Morgan fingerprint density at radius 2 is 1.52 bits per heavy atom. The van der Waals surface area contributed by atoms with Gasteiger partial charge in [-0.25, -0.2) is 5.06 Å². The minimum Gasteiger partial charge on any atom is -0.379 e. The van der Waals surface area contributed by atoms with Gasteiger partial charge in [-0.05, 0) is 88.4 Å². The van der Waals surface area contributed by atoms with Crippen LogP contribution in [0.1, 0.15) is 131 Å². The monoisotopic (exact) mass is 898 g/mol. The van der Waals surface area contributed by atoms with Gasteiger partial charge in [0.15, 0.2) is 5.78 Å². The van der Waals surface area contributed by atoms with E-state index in [2.05, 4.69) is 32.6 Å². The van der Waals surface area contributed by atoms with Gasteiger partial charge in [0.05, 0.1) is 49.3 Å². The molecule has 364 valence electrons. The molecule has 64 heavy (non-hydrogen) atoms. The number of likely N-dealkylation sites (N-methyl/N-ethyl adjacent to an activating group) is 2. The van der Waals surface area contributed by atoms with Crippen LogP contribution in [0.25, 0.3) is 0 Å². The van der Waals surface area contributed by atoms with Crippen LogP contribution < -0.4 is 5.73 Å². The number of benzene rings is 1. The van der Waals surface area contributed by atoms with Gasteiger partial charge in [0.2, 0.25) is 17.7 Å². The first kappa shape index (κ1) is 55.1. The standard InChI is InChI=1S/C51H87N5O8/c1-12-37(6)48(54(9)51(61)41(35(2)3)33-44(58)47(36(4)5)53(8)27-19-14-13-18-26-52)45(62-10)34-46(59)55-28-22-25-42(55)49(63-11)38(7)43(57)32-40(31-39-23-16-15-17-24-39)50(60)56-29-20-21-30-64-56/h15-17,23-24,35-38,40-42,45,47-49H,12-14,18-22,25-34,52H2,1-11H3/t37-,38-,40+,41-,42-,45+,47-,48-,49+/m0/s1. The molecule has 0 aromatic heterocycles. The van der Waals surface area contributed by atoms with Crippen molar-refractivity contribution in [3.63, 3.8) is 0 Å². The number of carbonyl (C=O) groups excluding carboxylic acids is 5. The Labute approximate surface area is 386 Å². The SMILES string of the molecule is CC[C@H](C)[C@@H]([C@@H](CC(=O)N1CCC[C@H]1[C@H](OC)[C@@H](C)C(=O)C[C@@H](Cc1ccccc1)C(=O)N1CCCCO1)OC)N(C)C(=O)[C@@H](CC(=O)[C@H](C(C)C)N(C)CCCCCCN)C(C)C. The lowest BCUT2D eigenvalue weighted by Gasteiger charge is -2.41. The van der Waals surface area contributed by atoms with Crippen LogP contribution in [0.5, 0.6) is 0 Å². The van der Waals surface area contributed by atoms with Crippen molar-refractivity contribution in [3.05, 3.63) is 35.9 Å². The fourth-order valence-electron chi connectivity index (χ4n) is 10.2. The van der Waals surface area contributed by atoms with Gasteiger partial charge >= 0.3 is 0 Å². The van der Waals surface area contributed by atoms with Gasteiger partial charge in [-0.3, -0.25) is 33.7 Å². The number of nitrogens with two attached hydrogens (primary N) is 1. The lowest BCUT2D eigenvalue weighted by molar-refractivity contribution is -0.201. The summed E-state index contributed by atoms with van der Waals surface area (Å²) < 4.78 is 12.2. The summed E-state index contributed by atoms with van der Waals surface area (Å²) in [6, 6.07) is 8.67. The molecule has 0 radical (unpaired) electrons. The third-order valence-electron chi connectivity index (χ3n) is 14.2. The molecule has 2 saturated heterocycles. The first-order valence-corrected chi connectivity index (χ1v) is 24.6. The Balaban J connectivity index is 1.78. The van der Waals surface area contributed by atoms with Crippen molar-refractivity contribution in [2.45, 2.75) is 162 Å². The van der Waals surface area contributed by atoms with Gasteiger partial charge in [0, 0.05) is 59.0 Å². The van der Waals surface area contributed by atoms with E-state index < -0.39 is 36.0 Å². The summed E-state index contributed by atoms with van der Waals surface area (Å²) in [4.78, 5) is 82.7. The molecule has 2 aliphatic heterocycles. The maximum absolute atomic E-state index is 14.6. The lowest BCUT2D eigenvalue weighted by atomic mass is 9.83. The molecule has 9 atom stereocenters. The van der Waals surface area contributed by atoms with E-state index in [0.717, 1.165) is 63.5 Å². The third-order valence-corrected chi connectivity index (χ3v) is 14.2. The van der Waals surface area contributed by atoms with Crippen LogP contribution >= 0.6 is 0 Å². The number of hydrogen-bond acceptors (Lipinski definition) is 10. The maximum atomic E-state index is 14.6. The topological polar surface area (TPSA) is 152 Å². The Morgan fingerprint density at radius 1 is 0.828 bits per heavy atom. The Bertz CT molecular complexity index is 1570. The number of hydrogen-bond donors (Lipinski definition) is 1. The van der Waals surface area contributed by atoms with Crippen molar-refractivity contribution < 1.29 is 38.3 Å². The quantitative estimate of drug-likeness (QED) is 0.0834. The molecule has 0 spiro atoms. The summed E-state index contributed by atoms with van der Waals surface area (Å²) >= 11 is 0. The zero-order valence-electron chi connectivity index (χ0n) is 41.6. The first-order chi connectivity index (χ1) is 30.5. The number of nitrogens with zero attached hydrogens (tertiary/aromatic N) is 4. The van der Waals surface area contributed by atoms with Gasteiger partial charge in [-0.1, -0.05) is 98.1 Å². The molecule has 1 aromatic carbocycles. The molecule has 0 unspecified atom stereocenters. The molecule has 2 fully saturated rings. The minimum absolute atomic E-state index is 0.00958. The zero-order valence-corrected chi connectivity index (χ0v) is 41.6. The van der Waals surface area contributed by atoms with Crippen LogP contribution in [0.3, 0.4) is 0 Å². The fourth-order valence-corrected chi connectivity index (χ4v) is 10.2. The highest BCUT2D eigenvalue weighted by Gasteiger charge is 2.44. The van der Waals surface area contributed by atoms with Crippen LogP contribution in [0.15, 0.2) is 30.3 Å². The molecule has 0 aliphatic carbocycles. The number of likely N-dealkylation sites (tertiary alicyclic amines) is 1. The van der Waals surface area contributed by atoms with E-state index in [9.17, 15) is 24.0 Å². The highest BCUT2D eigenvalue weighted by atomic mass is 16.7. The van der Waals surface area contributed by atoms with Gasteiger partial charge in [-0.2, -0.15) is 0 Å². The number of unbranched alkanes of at least 4 members (excludes halogenated alkanes) is 3. The summed E-state index contributed by atoms with van der Waals surface area (Å²) in [5.41, 5.74) is 6.65. The van der Waals surface area contributed by atoms with E-state index >= 15 is 0 Å². The van der Waals surface area contributed by atoms with Gasteiger partial charge in [0.25, 0.3) is 0 Å². The first-order valence-electron chi connectivity index (χ1n) is 24.6. The highest BCUT2D eigenvalue weighted by molar-refractivity contribution is 5.90. The smallest absolute Gasteiger partial charge is 0.250 e. The normalized spacial score (nSPS) is 19.6. The van der Waals surface area contributed by atoms with Crippen molar-refractivity contribution in [2.75, 3.05) is 61.1 Å². The Hall–Kier alpha value is -3.23. The number of carbonyl (C=O) groups is 5. The number of Topliss-reactive ketones (excluding diaryl/α,β-unsaturated/α-hetero) is 2. The van der Waals surface area contributed by atoms with E-state index in [4.69, 9.17) is 20.0 Å². The molecule has 3 amide bonds. The van der Waals surface area contributed by atoms with Crippen LogP contribution in [-0.2, 0) is 44.7 Å². The summed E-state index contributed by atoms with van der Waals surface area (Å²) in [6.45, 7) is 17.1. The minimum atomic E-state index is -0.614. The van der Waals surface area contributed by atoms with Crippen molar-refractivity contribution in [1.29, 1.82) is 0 Å². The average Bonchev–Trinajstić information content (AvgIpc) is 3.77. The Morgan fingerprint density at radius 3 is 2.09 bits per heavy atom. The van der Waals surface area contributed by atoms with E-state index in [0.29, 0.717) is 39.1 Å². The van der Waals surface area contributed by atoms with E-state index in [1.54, 1.807) is 26.2 Å². The second-order valence-corrected chi connectivity index (χ2v) is 19.5. The number of hydroxylamine groups is 2. The van der Waals surface area contributed by atoms with Crippen LogP contribution in [0.4, 0.5) is 0 Å². The largest absolute Gasteiger partial charge is 0.379 e. The predicted octanol–water partition coefficient (Wildman–Crippen LogP) is 6.99. The highest BCUT2D eigenvalue weighted by Crippen LogP contribution is 2.32. The second-order valence-electron chi connectivity index (χ2n) is 19.5. The van der Waals surface area contributed by atoms with E-state index in [1.807, 2.05) is 63.1 Å². The number of ketones is 2. The molecular weight excluding hydrogens is 811 g/mol. The van der Waals surface area contributed by atoms with Crippen LogP contribution in [0, 0.1) is 35.5 Å². The van der Waals surface area contributed by atoms with E-state index in [-0.39, 0.29) is 78.4 Å². The molecular formula is C51H87N5O8. The number of ether oxygens (including phenoxy) is 2. The summed E-state index contributed by atoms with van der Waals surface area (Å²) in [5, 5.41) is 1.43. The maximum Gasteiger partial charge on any atom is 0.250 e. The molecule has 2 heterocycles. The summed E-state index contributed by atoms with van der Waals surface area (Å²) in [7, 11) is 6.99. The average molecular weight is 898 g/mol. The lowest BCUT2D eigenvalue weighted by Crippen LogP contribution is -2.54. The van der Waals surface area contributed by atoms with Crippen molar-refractivity contribution in [1.82, 2.24) is 19.8 Å². The zero-order chi connectivity index (χ0) is 47.5. The molecule has 0 saturated carbocycles.